The average molecular weight is 123 g/mol. The molecule has 0 heteroatoms. The smallest absolute Gasteiger partial charge is 0.0316 e. The molecule has 0 spiro atoms. The zero-order valence-electron chi connectivity index (χ0n) is 6.14. The Morgan fingerprint density at radius 3 is 2.33 bits per heavy atom. The summed E-state index contributed by atoms with van der Waals surface area (Å²) in [6.45, 7) is 5.75. The van der Waals surface area contributed by atoms with E-state index < -0.39 is 0 Å². The summed E-state index contributed by atoms with van der Waals surface area (Å²) in [5, 5.41) is 0. The van der Waals surface area contributed by atoms with Crippen molar-refractivity contribution in [2.75, 3.05) is 0 Å². The molecule has 0 nitrogen and oxygen atoms in total. The molecule has 9 heavy (non-hydrogen) atoms. The van der Waals surface area contributed by atoms with Crippen molar-refractivity contribution in [1.82, 2.24) is 0 Å². The standard InChI is InChI=1S/C9H15/c1-3-5-7-9-8-6-4-2/h3,5-6,8H,1,4,7,9H2,2H3/b5-3+,8-6-. The lowest BCUT2D eigenvalue weighted by molar-refractivity contribution is 1.04. The van der Waals surface area contributed by atoms with Gasteiger partial charge in [-0.1, -0.05) is 31.2 Å². The average Bonchev–Trinajstić information content (AvgIpc) is 1.89. The van der Waals surface area contributed by atoms with Crippen molar-refractivity contribution in [2.24, 2.45) is 0 Å². The molecule has 0 aromatic rings. The van der Waals surface area contributed by atoms with E-state index in [2.05, 4.69) is 32.1 Å². The van der Waals surface area contributed by atoms with E-state index in [0.29, 0.717) is 0 Å². The number of hydrogen-bond donors (Lipinski definition) is 0. The fraction of sp³-hybridized carbons (Fsp3) is 0.444. The van der Waals surface area contributed by atoms with Crippen molar-refractivity contribution in [3.05, 3.63) is 31.2 Å². The van der Waals surface area contributed by atoms with Crippen LogP contribution >= 0.6 is 0 Å². The van der Waals surface area contributed by atoms with Gasteiger partial charge in [-0.3, -0.25) is 0 Å². The van der Waals surface area contributed by atoms with Gasteiger partial charge in [0.2, 0.25) is 0 Å². The van der Waals surface area contributed by atoms with Crippen LogP contribution in [-0.2, 0) is 0 Å². The highest BCUT2D eigenvalue weighted by molar-refractivity contribution is 4.88. The second-order valence-electron chi connectivity index (χ2n) is 1.93. The summed E-state index contributed by atoms with van der Waals surface area (Å²) >= 11 is 0. The van der Waals surface area contributed by atoms with Crippen molar-refractivity contribution in [1.29, 1.82) is 0 Å². The van der Waals surface area contributed by atoms with Gasteiger partial charge in [0.05, 0.1) is 0 Å². The SMILES string of the molecule is [CH2]/C=C/CC/C=C\CC. The molecule has 0 aliphatic rings. The van der Waals surface area contributed by atoms with Crippen LogP contribution in [0.25, 0.3) is 0 Å². The first kappa shape index (κ1) is 8.48. The van der Waals surface area contributed by atoms with Crippen molar-refractivity contribution >= 4 is 0 Å². The summed E-state index contributed by atoms with van der Waals surface area (Å²) < 4.78 is 0. The predicted octanol–water partition coefficient (Wildman–Crippen LogP) is 3.12. The monoisotopic (exact) mass is 123 g/mol. The van der Waals surface area contributed by atoms with Crippen LogP contribution in [0.1, 0.15) is 26.2 Å². The maximum Gasteiger partial charge on any atom is -0.0316 e. The number of unbranched alkanes of at least 4 members (excludes halogenated alkanes) is 1. The Morgan fingerprint density at radius 1 is 1.11 bits per heavy atom. The van der Waals surface area contributed by atoms with E-state index in [-0.39, 0.29) is 0 Å². The molecule has 0 saturated carbocycles. The second kappa shape index (κ2) is 7.48. The quantitative estimate of drug-likeness (QED) is 0.398. The molecule has 0 N–H and O–H groups in total. The van der Waals surface area contributed by atoms with Gasteiger partial charge in [0, 0.05) is 0 Å². The number of allylic oxidation sites excluding steroid dienone is 4. The first-order chi connectivity index (χ1) is 4.41. The van der Waals surface area contributed by atoms with Gasteiger partial charge in [-0.05, 0) is 26.2 Å². The third kappa shape index (κ3) is 7.48. The summed E-state index contributed by atoms with van der Waals surface area (Å²) in [6, 6.07) is 0. The van der Waals surface area contributed by atoms with Crippen LogP contribution in [0.3, 0.4) is 0 Å². The van der Waals surface area contributed by atoms with Crippen LogP contribution in [-0.4, -0.2) is 0 Å². The first-order valence-corrected chi connectivity index (χ1v) is 3.51. The minimum absolute atomic E-state index is 1.12. The largest absolute Gasteiger partial charge is 0.0888 e. The molecule has 0 bridgehead atoms. The van der Waals surface area contributed by atoms with Gasteiger partial charge in [-0.15, -0.1) is 0 Å². The fourth-order valence-electron chi connectivity index (χ4n) is 0.595. The third-order valence-corrected chi connectivity index (χ3v) is 1.07. The molecule has 0 heterocycles. The summed E-state index contributed by atoms with van der Waals surface area (Å²) in [5.74, 6) is 0. The summed E-state index contributed by atoms with van der Waals surface area (Å²) in [7, 11) is 0. The van der Waals surface area contributed by atoms with Crippen LogP contribution in [0, 0.1) is 6.92 Å². The highest BCUT2D eigenvalue weighted by Gasteiger charge is 1.72. The normalized spacial score (nSPS) is 11.8. The fourth-order valence-corrected chi connectivity index (χ4v) is 0.595. The molecular formula is C9H15. The Kier molecular flexibility index (Phi) is 7.05. The van der Waals surface area contributed by atoms with Gasteiger partial charge in [0.15, 0.2) is 0 Å². The third-order valence-electron chi connectivity index (χ3n) is 1.07. The summed E-state index contributed by atoms with van der Waals surface area (Å²) in [4.78, 5) is 0. The minimum atomic E-state index is 1.12. The highest BCUT2D eigenvalue weighted by atomic mass is 13.8. The molecule has 0 aliphatic carbocycles. The second-order valence-corrected chi connectivity index (χ2v) is 1.93. The van der Waals surface area contributed by atoms with Crippen molar-refractivity contribution in [2.45, 2.75) is 26.2 Å². The molecule has 0 aromatic heterocycles. The Bertz CT molecular complexity index is 88.2. The molecular weight excluding hydrogens is 108 g/mol. The Labute approximate surface area is 58.3 Å². The molecule has 0 unspecified atom stereocenters. The molecule has 51 valence electrons. The molecule has 0 aromatic carbocycles. The van der Waals surface area contributed by atoms with Crippen LogP contribution in [0.4, 0.5) is 0 Å². The molecule has 0 rings (SSSR count). The Morgan fingerprint density at radius 2 is 1.78 bits per heavy atom. The van der Waals surface area contributed by atoms with Crippen molar-refractivity contribution in [3.8, 4) is 0 Å². The van der Waals surface area contributed by atoms with Crippen LogP contribution in [0.5, 0.6) is 0 Å². The van der Waals surface area contributed by atoms with Crippen molar-refractivity contribution < 1.29 is 0 Å². The molecule has 0 amide bonds. The lowest BCUT2D eigenvalue weighted by Crippen LogP contribution is -1.62. The van der Waals surface area contributed by atoms with E-state index in [1.807, 2.05) is 6.08 Å². The molecule has 0 atom stereocenters. The van der Waals surface area contributed by atoms with Gasteiger partial charge >= 0.3 is 0 Å². The van der Waals surface area contributed by atoms with Gasteiger partial charge in [0.25, 0.3) is 0 Å². The topological polar surface area (TPSA) is 0 Å². The molecule has 0 aliphatic heterocycles. The minimum Gasteiger partial charge on any atom is -0.0888 e. The number of hydrogen-bond acceptors (Lipinski definition) is 0. The summed E-state index contributed by atoms with van der Waals surface area (Å²) in [6.07, 6.45) is 11.8. The van der Waals surface area contributed by atoms with Gasteiger partial charge in [-0.2, -0.15) is 0 Å². The van der Waals surface area contributed by atoms with E-state index in [4.69, 9.17) is 0 Å². The lowest BCUT2D eigenvalue weighted by atomic mass is 10.2. The molecule has 0 saturated heterocycles. The van der Waals surface area contributed by atoms with Gasteiger partial charge in [0.1, 0.15) is 0 Å². The first-order valence-electron chi connectivity index (χ1n) is 3.51. The molecule has 0 fully saturated rings. The highest BCUT2D eigenvalue weighted by Crippen LogP contribution is 1.92. The van der Waals surface area contributed by atoms with Crippen LogP contribution < -0.4 is 0 Å². The van der Waals surface area contributed by atoms with Gasteiger partial charge < -0.3 is 0 Å². The van der Waals surface area contributed by atoms with E-state index in [0.717, 1.165) is 19.3 Å². The van der Waals surface area contributed by atoms with E-state index in [1.54, 1.807) is 0 Å². The van der Waals surface area contributed by atoms with E-state index in [1.165, 1.54) is 0 Å². The lowest BCUT2D eigenvalue weighted by Gasteiger charge is -1.83. The predicted molar refractivity (Wildman–Crippen MR) is 43.2 cm³/mol. The van der Waals surface area contributed by atoms with E-state index >= 15 is 0 Å². The Hall–Kier alpha value is -0.520. The number of rotatable bonds is 4. The maximum atomic E-state index is 3.60. The van der Waals surface area contributed by atoms with Crippen LogP contribution in [0.15, 0.2) is 24.3 Å². The van der Waals surface area contributed by atoms with E-state index in [9.17, 15) is 0 Å². The Balaban J connectivity index is 2.99. The maximum absolute atomic E-state index is 3.60. The summed E-state index contributed by atoms with van der Waals surface area (Å²) in [5.41, 5.74) is 0. The zero-order chi connectivity index (χ0) is 6.95. The zero-order valence-corrected chi connectivity index (χ0v) is 6.14. The van der Waals surface area contributed by atoms with Crippen LogP contribution in [0.2, 0.25) is 0 Å². The van der Waals surface area contributed by atoms with Gasteiger partial charge in [-0.25, -0.2) is 0 Å². The molecule has 1 radical (unpaired) electrons. The van der Waals surface area contributed by atoms with Crippen molar-refractivity contribution in [3.63, 3.8) is 0 Å².